The van der Waals surface area contributed by atoms with Crippen molar-refractivity contribution in [2.75, 3.05) is 19.4 Å². The lowest BCUT2D eigenvalue weighted by molar-refractivity contribution is -0.118. The second-order valence-electron chi connectivity index (χ2n) is 6.61. The van der Waals surface area contributed by atoms with Crippen LogP contribution in [0.25, 0.3) is 0 Å². The quantitative estimate of drug-likeness (QED) is 0.344. The zero-order valence-electron chi connectivity index (χ0n) is 17.5. The van der Waals surface area contributed by atoms with Crippen LogP contribution in [-0.2, 0) is 24.4 Å². The van der Waals surface area contributed by atoms with Crippen LogP contribution in [0.3, 0.4) is 0 Å². The predicted molar refractivity (Wildman–Crippen MR) is 121 cm³/mol. The van der Waals surface area contributed by atoms with E-state index in [0.29, 0.717) is 35.6 Å². The fourth-order valence-corrected chi connectivity index (χ4v) is 3.69. The number of ether oxygens (including phenoxy) is 2. The van der Waals surface area contributed by atoms with Gasteiger partial charge < -0.3 is 14.8 Å². The number of carbonyl (C=O) groups excluding carboxylic acids is 1. The zero-order chi connectivity index (χ0) is 21.9. The third kappa shape index (κ3) is 6.62. The van der Waals surface area contributed by atoms with Crippen molar-refractivity contribution in [3.63, 3.8) is 0 Å². The SMILES string of the molecule is C=CCn1c(COc2ccccc2OC)nnc1SCC(=O)NCCc1ccccc1. The smallest absolute Gasteiger partial charge is 0.230 e. The number of benzene rings is 2. The van der Waals surface area contributed by atoms with Gasteiger partial charge in [-0.25, -0.2) is 0 Å². The van der Waals surface area contributed by atoms with Crippen LogP contribution in [0, 0.1) is 0 Å². The number of allylic oxidation sites excluding steroid dienone is 1. The summed E-state index contributed by atoms with van der Waals surface area (Å²) in [5, 5.41) is 12.1. The minimum atomic E-state index is -0.0408. The first-order valence-electron chi connectivity index (χ1n) is 9.93. The molecule has 0 unspecified atom stereocenters. The Morgan fingerprint density at radius 3 is 2.61 bits per heavy atom. The number of carbonyl (C=O) groups is 1. The van der Waals surface area contributed by atoms with E-state index in [-0.39, 0.29) is 18.3 Å². The lowest BCUT2D eigenvalue weighted by Crippen LogP contribution is -2.27. The van der Waals surface area contributed by atoms with Crippen molar-refractivity contribution in [1.29, 1.82) is 0 Å². The molecule has 0 radical (unpaired) electrons. The summed E-state index contributed by atoms with van der Waals surface area (Å²) in [5.41, 5.74) is 1.20. The van der Waals surface area contributed by atoms with Crippen LogP contribution >= 0.6 is 11.8 Å². The zero-order valence-corrected chi connectivity index (χ0v) is 18.3. The molecule has 1 amide bonds. The Kier molecular flexibility index (Phi) is 8.54. The van der Waals surface area contributed by atoms with Gasteiger partial charge in [0.2, 0.25) is 5.91 Å². The fourth-order valence-electron chi connectivity index (χ4n) is 2.90. The molecule has 0 spiro atoms. The van der Waals surface area contributed by atoms with Crippen LogP contribution in [0.2, 0.25) is 0 Å². The predicted octanol–water partition coefficient (Wildman–Crippen LogP) is 3.50. The van der Waals surface area contributed by atoms with Crippen molar-refractivity contribution in [3.8, 4) is 11.5 Å². The maximum atomic E-state index is 12.2. The molecule has 31 heavy (non-hydrogen) atoms. The van der Waals surface area contributed by atoms with E-state index < -0.39 is 0 Å². The van der Waals surface area contributed by atoms with Gasteiger partial charge in [0.25, 0.3) is 0 Å². The molecule has 0 atom stereocenters. The average Bonchev–Trinajstić information content (AvgIpc) is 3.19. The Bertz CT molecular complexity index is 991. The molecule has 1 N–H and O–H groups in total. The van der Waals surface area contributed by atoms with E-state index in [2.05, 4.69) is 22.1 Å². The second-order valence-corrected chi connectivity index (χ2v) is 7.55. The molecule has 1 aromatic heterocycles. The normalized spacial score (nSPS) is 10.5. The molecule has 0 fully saturated rings. The lowest BCUT2D eigenvalue weighted by Gasteiger charge is -2.11. The van der Waals surface area contributed by atoms with Crippen LogP contribution in [0.5, 0.6) is 11.5 Å². The maximum absolute atomic E-state index is 12.2. The second kappa shape index (κ2) is 11.8. The van der Waals surface area contributed by atoms with Gasteiger partial charge in [-0.15, -0.1) is 16.8 Å². The molecule has 0 aliphatic rings. The highest BCUT2D eigenvalue weighted by atomic mass is 32.2. The number of aromatic nitrogens is 3. The summed E-state index contributed by atoms with van der Waals surface area (Å²) in [4.78, 5) is 12.2. The van der Waals surface area contributed by atoms with Gasteiger partial charge in [-0.05, 0) is 24.1 Å². The minimum absolute atomic E-state index is 0.0408. The van der Waals surface area contributed by atoms with Gasteiger partial charge in [0, 0.05) is 13.1 Å². The van der Waals surface area contributed by atoms with Gasteiger partial charge in [-0.3, -0.25) is 9.36 Å². The number of hydrogen-bond donors (Lipinski definition) is 1. The number of nitrogens with zero attached hydrogens (tertiary/aromatic N) is 3. The Balaban J connectivity index is 1.53. The molecule has 0 bridgehead atoms. The first-order chi connectivity index (χ1) is 15.2. The Morgan fingerprint density at radius 1 is 1.13 bits per heavy atom. The lowest BCUT2D eigenvalue weighted by atomic mass is 10.1. The number of rotatable bonds is 12. The number of methoxy groups -OCH3 is 1. The van der Waals surface area contributed by atoms with E-state index in [1.54, 1.807) is 13.2 Å². The van der Waals surface area contributed by atoms with Crippen molar-refractivity contribution in [3.05, 3.63) is 78.6 Å². The first-order valence-corrected chi connectivity index (χ1v) is 10.9. The summed E-state index contributed by atoms with van der Waals surface area (Å²) >= 11 is 1.34. The molecular formula is C23H26N4O3S. The molecule has 2 aromatic carbocycles. The number of hydrogen-bond acceptors (Lipinski definition) is 6. The molecule has 3 rings (SSSR count). The largest absolute Gasteiger partial charge is 0.493 e. The van der Waals surface area contributed by atoms with Crippen LogP contribution in [0.15, 0.2) is 72.4 Å². The van der Waals surface area contributed by atoms with Crippen LogP contribution in [0.1, 0.15) is 11.4 Å². The van der Waals surface area contributed by atoms with Crippen LogP contribution in [-0.4, -0.2) is 40.1 Å². The van der Waals surface area contributed by atoms with Crippen molar-refractivity contribution in [2.45, 2.75) is 24.7 Å². The van der Waals surface area contributed by atoms with Gasteiger partial charge in [-0.2, -0.15) is 0 Å². The molecule has 3 aromatic rings. The highest BCUT2D eigenvalue weighted by molar-refractivity contribution is 7.99. The third-order valence-electron chi connectivity index (χ3n) is 4.44. The van der Waals surface area contributed by atoms with Crippen LogP contribution < -0.4 is 14.8 Å². The van der Waals surface area contributed by atoms with Gasteiger partial charge >= 0.3 is 0 Å². The fraction of sp³-hybridized carbons (Fsp3) is 0.261. The van der Waals surface area contributed by atoms with Crippen molar-refractivity contribution < 1.29 is 14.3 Å². The number of amides is 1. The topological polar surface area (TPSA) is 78.3 Å². The monoisotopic (exact) mass is 438 g/mol. The minimum Gasteiger partial charge on any atom is -0.493 e. The Labute approximate surface area is 186 Å². The molecule has 0 aliphatic heterocycles. The van der Waals surface area contributed by atoms with Crippen molar-refractivity contribution in [1.82, 2.24) is 20.1 Å². The van der Waals surface area contributed by atoms with Gasteiger partial charge in [0.05, 0.1) is 12.9 Å². The summed E-state index contributed by atoms with van der Waals surface area (Å²) in [7, 11) is 1.60. The van der Waals surface area contributed by atoms with Crippen molar-refractivity contribution in [2.24, 2.45) is 0 Å². The summed E-state index contributed by atoms with van der Waals surface area (Å²) < 4.78 is 13.1. The molecule has 1 heterocycles. The molecular weight excluding hydrogens is 412 g/mol. The van der Waals surface area contributed by atoms with E-state index in [1.807, 2.05) is 59.2 Å². The van der Waals surface area contributed by atoms with E-state index >= 15 is 0 Å². The number of thioether (sulfide) groups is 1. The molecule has 0 aliphatic carbocycles. The van der Waals surface area contributed by atoms with E-state index in [0.717, 1.165) is 6.42 Å². The Morgan fingerprint density at radius 2 is 1.87 bits per heavy atom. The number of nitrogens with one attached hydrogen (secondary N) is 1. The summed E-state index contributed by atoms with van der Waals surface area (Å²) in [6.07, 6.45) is 2.56. The van der Waals surface area contributed by atoms with Gasteiger partial charge in [0.1, 0.15) is 6.61 Å². The molecule has 0 saturated carbocycles. The molecule has 162 valence electrons. The molecule has 8 heteroatoms. The Hall–Kier alpha value is -3.26. The van der Waals surface area contributed by atoms with E-state index in [4.69, 9.17) is 9.47 Å². The first kappa shape index (κ1) is 22.4. The average molecular weight is 439 g/mol. The third-order valence-corrected chi connectivity index (χ3v) is 5.41. The van der Waals surface area contributed by atoms with E-state index in [9.17, 15) is 4.79 Å². The highest BCUT2D eigenvalue weighted by Crippen LogP contribution is 2.27. The van der Waals surface area contributed by atoms with Gasteiger partial charge in [-0.1, -0.05) is 60.3 Å². The molecule has 0 saturated heterocycles. The number of para-hydroxylation sites is 2. The van der Waals surface area contributed by atoms with Gasteiger partial charge in [0.15, 0.2) is 22.5 Å². The van der Waals surface area contributed by atoms with Crippen LogP contribution in [0.4, 0.5) is 0 Å². The highest BCUT2D eigenvalue weighted by Gasteiger charge is 2.15. The molecule has 7 nitrogen and oxygen atoms in total. The summed E-state index contributed by atoms with van der Waals surface area (Å²) in [6, 6.07) is 17.5. The van der Waals surface area contributed by atoms with Crippen molar-refractivity contribution >= 4 is 17.7 Å². The summed E-state index contributed by atoms with van der Waals surface area (Å²) in [5.74, 6) is 2.15. The standard InChI is InChI=1S/C23H26N4O3S/c1-3-15-27-21(16-30-20-12-8-7-11-19(20)29-2)25-26-23(27)31-17-22(28)24-14-13-18-9-5-4-6-10-18/h3-12H,1,13-17H2,2H3,(H,24,28). The maximum Gasteiger partial charge on any atom is 0.230 e. The van der Waals surface area contributed by atoms with E-state index in [1.165, 1.54) is 17.3 Å². The summed E-state index contributed by atoms with van der Waals surface area (Å²) in [6.45, 7) is 5.15.